The van der Waals surface area contributed by atoms with Gasteiger partial charge in [0.1, 0.15) is 5.69 Å². The summed E-state index contributed by atoms with van der Waals surface area (Å²) in [7, 11) is 0. The molecular weight excluding hydrogens is 304 g/mol. The Morgan fingerprint density at radius 2 is 1.95 bits per heavy atom. The molecule has 122 valence electrons. The van der Waals surface area contributed by atoms with Gasteiger partial charge in [-0.25, -0.2) is 0 Å². The van der Waals surface area contributed by atoms with Crippen LogP contribution in [0.25, 0.3) is 0 Å². The van der Waals surface area contributed by atoms with Crippen LogP contribution in [0.3, 0.4) is 0 Å². The summed E-state index contributed by atoms with van der Waals surface area (Å²) in [5.74, 6) is -0.374. The van der Waals surface area contributed by atoms with E-state index in [1.54, 1.807) is 0 Å². The zero-order chi connectivity index (χ0) is 15.2. The Labute approximate surface area is 136 Å². The second-order valence-corrected chi connectivity index (χ2v) is 5.51. The molecule has 0 radical (unpaired) electrons. The molecule has 0 saturated heterocycles. The molecule has 0 spiro atoms. The first-order chi connectivity index (χ1) is 10.1. The molecule has 1 heterocycles. The topological polar surface area (TPSA) is 111 Å². The van der Waals surface area contributed by atoms with Crippen molar-refractivity contribution in [2.45, 2.75) is 38.1 Å². The number of aromatic nitrogens is 1. The second kappa shape index (κ2) is 8.70. The fourth-order valence-electron chi connectivity index (χ4n) is 2.82. The number of nitrogens with zero attached hydrogens (tertiary/aromatic N) is 1. The predicted molar refractivity (Wildman–Crippen MR) is 86.9 cm³/mol. The van der Waals surface area contributed by atoms with Crippen LogP contribution in [0, 0.1) is 5.92 Å². The van der Waals surface area contributed by atoms with E-state index in [4.69, 9.17) is 11.5 Å². The van der Waals surface area contributed by atoms with Crippen molar-refractivity contribution < 1.29 is 9.59 Å². The van der Waals surface area contributed by atoms with Crippen molar-refractivity contribution in [2.24, 2.45) is 17.4 Å². The van der Waals surface area contributed by atoms with Crippen LogP contribution in [0.4, 0.5) is 0 Å². The minimum atomic E-state index is -0.559. The van der Waals surface area contributed by atoms with Crippen LogP contribution in [-0.4, -0.2) is 29.4 Å². The summed E-state index contributed by atoms with van der Waals surface area (Å²) in [6, 6.07) is 2.99. The molecule has 22 heavy (non-hydrogen) atoms. The molecule has 1 aliphatic rings. The number of primary amides is 1. The third-order valence-electron chi connectivity index (χ3n) is 4.07. The van der Waals surface area contributed by atoms with Gasteiger partial charge in [-0.3, -0.25) is 14.6 Å². The first-order valence-electron chi connectivity index (χ1n) is 7.38. The molecule has 6 nitrogen and oxygen atoms in total. The molecule has 0 bridgehead atoms. The SMILES string of the molecule is Cl.NCC(NC(=O)c1ccc(C(N)=O)cn1)C1CCCCC1. The van der Waals surface area contributed by atoms with E-state index in [1.807, 2.05) is 0 Å². The average Bonchev–Trinajstić information content (AvgIpc) is 2.53. The lowest BCUT2D eigenvalue weighted by Crippen LogP contribution is -2.46. The fraction of sp³-hybridized carbons (Fsp3) is 0.533. The summed E-state index contributed by atoms with van der Waals surface area (Å²) in [5, 5.41) is 2.96. The lowest BCUT2D eigenvalue weighted by atomic mass is 9.84. The normalized spacial score (nSPS) is 16.4. The van der Waals surface area contributed by atoms with E-state index in [0.717, 1.165) is 12.8 Å². The number of pyridine rings is 1. The number of halogens is 1. The Hall–Kier alpha value is -1.66. The molecule has 1 saturated carbocycles. The van der Waals surface area contributed by atoms with Crippen LogP contribution >= 0.6 is 12.4 Å². The van der Waals surface area contributed by atoms with Gasteiger partial charge in [-0.05, 0) is 30.9 Å². The highest BCUT2D eigenvalue weighted by molar-refractivity contribution is 5.95. The minimum absolute atomic E-state index is 0. The summed E-state index contributed by atoms with van der Waals surface area (Å²) in [5.41, 5.74) is 11.5. The van der Waals surface area contributed by atoms with Gasteiger partial charge in [0.25, 0.3) is 5.91 Å². The largest absolute Gasteiger partial charge is 0.366 e. The molecular formula is C15H23ClN4O2. The highest BCUT2D eigenvalue weighted by Crippen LogP contribution is 2.26. The van der Waals surface area contributed by atoms with Gasteiger partial charge >= 0.3 is 0 Å². The van der Waals surface area contributed by atoms with Gasteiger partial charge < -0.3 is 16.8 Å². The molecule has 1 aromatic rings. The van der Waals surface area contributed by atoms with Gasteiger partial charge in [0.05, 0.1) is 5.56 Å². The van der Waals surface area contributed by atoms with Crippen LogP contribution in [-0.2, 0) is 0 Å². The van der Waals surface area contributed by atoms with E-state index in [9.17, 15) is 9.59 Å². The standard InChI is InChI=1S/C15H22N4O2.ClH/c16-8-13(10-4-2-1-3-5-10)19-15(21)12-7-6-11(9-18-12)14(17)20;/h6-7,9-10,13H,1-5,8,16H2,(H2,17,20)(H,19,21);1H. The van der Waals surface area contributed by atoms with E-state index in [-0.39, 0.29) is 35.6 Å². The monoisotopic (exact) mass is 326 g/mol. The summed E-state index contributed by atoms with van der Waals surface area (Å²) in [6.07, 6.45) is 7.19. The second-order valence-electron chi connectivity index (χ2n) is 5.51. The molecule has 2 amide bonds. The molecule has 5 N–H and O–H groups in total. The summed E-state index contributed by atoms with van der Waals surface area (Å²) in [6.45, 7) is 0.426. The van der Waals surface area contributed by atoms with Gasteiger partial charge in [-0.2, -0.15) is 0 Å². The molecule has 1 fully saturated rings. The van der Waals surface area contributed by atoms with Crippen molar-refractivity contribution in [3.63, 3.8) is 0 Å². The van der Waals surface area contributed by atoms with Gasteiger partial charge in [-0.1, -0.05) is 19.3 Å². The molecule has 0 aliphatic heterocycles. The molecule has 1 aromatic heterocycles. The van der Waals surface area contributed by atoms with Crippen LogP contribution in [0.2, 0.25) is 0 Å². The van der Waals surface area contributed by atoms with Gasteiger partial charge in [0.15, 0.2) is 0 Å². The summed E-state index contributed by atoms with van der Waals surface area (Å²) < 4.78 is 0. The fourth-order valence-corrected chi connectivity index (χ4v) is 2.82. The maximum atomic E-state index is 12.2. The number of nitrogens with two attached hydrogens (primary N) is 2. The van der Waals surface area contributed by atoms with Crippen LogP contribution < -0.4 is 16.8 Å². The summed E-state index contributed by atoms with van der Waals surface area (Å²) in [4.78, 5) is 27.1. The third kappa shape index (κ3) is 4.68. The van der Waals surface area contributed by atoms with E-state index >= 15 is 0 Å². The third-order valence-corrected chi connectivity index (χ3v) is 4.07. The molecule has 2 rings (SSSR count). The number of rotatable bonds is 5. The minimum Gasteiger partial charge on any atom is -0.366 e. The van der Waals surface area contributed by atoms with E-state index in [2.05, 4.69) is 10.3 Å². The molecule has 1 unspecified atom stereocenters. The van der Waals surface area contributed by atoms with Crippen molar-refractivity contribution in [3.05, 3.63) is 29.6 Å². The first-order valence-corrected chi connectivity index (χ1v) is 7.38. The van der Waals surface area contributed by atoms with Crippen LogP contribution in [0.1, 0.15) is 53.0 Å². The first kappa shape index (κ1) is 18.4. The number of nitrogens with one attached hydrogen (secondary N) is 1. The van der Waals surface area contributed by atoms with Crippen molar-refractivity contribution in [3.8, 4) is 0 Å². The number of amides is 2. The Morgan fingerprint density at radius 1 is 1.27 bits per heavy atom. The van der Waals surface area contributed by atoms with Crippen molar-refractivity contribution in [1.29, 1.82) is 0 Å². The predicted octanol–water partition coefficient (Wildman–Crippen LogP) is 1.24. The highest BCUT2D eigenvalue weighted by atomic mass is 35.5. The number of carbonyl (C=O) groups excluding carboxylic acids is 2. The van der Waals surface area contributed by atoms with Crippen molar-refractivity contribution >= 4 is 24.2 Å². The maximum Gasteiger partial charge on any atom is 0.270 e. The number of hydrogen-bond acceptors (Lipinski definition) is 4. The molecule has 0 aromatic carbocycles. The van der Waals surface area contributed by atoms with E-state index < -0.39 is 5.91 Å². The van der Waals surface area contributed by atoms with Gasteiger partial charge in [0.2, 0.25) is 5.91 Å². The van der Waals surface area contributed by atoms with E-state index in [1.165, 1.54) is 37.6 Å². The van der Waals surface area contributed by atoms with Crippen molar-refractivity contribution in [1.82, 2.24) is 10.3 Å². The highest BCUT2D eigenvalue weighted by Gasteiger charge is 2.24. The average molecular weight is 327 g/mol. The van der Waals surface area contributed by atoms with Crippen molar-refractivity contribution in [2.75, 3.05) is 6.54 Å². The Balaban J connectivity index is 0.00000242. The summed E-state index contributed by atoms with van der Waals surface area (Å²) >= 11 is 0. The van der Waals surface area contributed by atoms with Gasteiger partial charge in [-0.15, -0.1) is 12.4 Å². The Bertz CT molecular complexity index is 501. The number of hydrogen-bond donors (Lipinski definition) is 3. The zero-order valence-electron chi connectivity index (χ0n) is 12.5. The quantitative estimate of drug-likeness (QED) is 0.755. The zero-order valence-corrected chi connectivity index (χ0v) is 13.3. The maximum absolute atomic E-state index is 12.2. The molecule has 1 atom stereocenters. The van der Waals surface area contributed by atoms with Crippen LogP contribution in [0.15, 0.2) is 18.3 Å². The Kier molecular flexibility index (Phi) is 7.27. The smallest absolute Gasteiger partial charge is 0.270 e. The molecule has 7 heteroatoms. The molecule has 1 aliphatic carbocycles. The lowest BCUT2D eigenvalue weighted by molar-refractivity contribution is 0.0908. The lowest BCUT2D eigenvalue weighted by Gasteiger charge is -2.29. The number of carbonyl (C=O) groups is 2. The Morgan fingerprint density at radius 3 is 2.45 bits per heavy atom. The van der Waals surface area contributed by atoms with Crippen LogP contribution in [0.5, 0.6) is 0 Å². The van der Waals surface area contributed by atoms with E-state index in [0.29, 0.717) is 12.5 Å². The van der Waals surface area contributed by atoms with Gasteiger partial charge in [0, 0.05) is 18.8 Å².